The van der Waals surface area contributed by atoms with Gasteiger partial charge in [-0.3, -0.25) is 9.59 Å². The van der Waals surface area contributed by atoms with Crippen LogP contribution in [0.25, 0.3) is 0 Å². The van der Waals surface area contributed by atoms with E-state index < -0.39 is 5.97 Å². The first-order valence-electron chi connectivity index (χ1n) is 11.6. The summed E-state index contributed by atoms with van der Waals surface area (Å²) >= 11 is 0. The molecule has 0 N–H and O–H groups in total. The van der Waals surface area contributed by atoms with Crippen LogP contribution < -0.4 is 14.2 Å². The van der Waals surface area contributed by atoms with Gasteiger partial charge in [-0.15, -0.1) is 0 Å². The molecule has 0 heterocycles. The molecule has 0 fully saturated rings. The van der Waals surface area contributed by atoms with E-state index in [1.165, 1.54) is 59.2 Å². The van der Waals surface area contributed by atoms with Crippen molar-refractivity contribution in [1.29, 1.82) is 0 Å². The summed E-state index contributed by atoms with van der Waals surface area (Å²) in [6.07, 6.45) is 11.6. The Kier molecular flexibility index (Phi) is 15.3. The van der Waals surface area contributed by atoms with Crippen LogP contribution in [0.3, 0.4) is 0 Å². The summed E-state index contributed by atoms with van der Waals surface area (Å²) in [5.41, 5.74) is 0. The molecule has 0 unspecified atom stereocenters. The lowest BCUT2D eigenvalue weighted by Crippen LogP contribution is -2.11. The molecule has 0 aliphatic heterocycles. The Morgan fingerprint density at radius 2 is 1.38 bits per heavy atom. The summed E-state index contributed by atoms with van der Waals surface area (Å²) in [7, 11) is 2.97. The van der Waals surface area contributed by atoms with Gasteiger partial charge in [0.05, 0.1) is 14.2 Å². The minimum Gasteiger partial charge on any atom is -0.493 e. The number of hydrogen-bond donors (Lipinski definition) is 0. The minimum atomic E-state index is -0.467. The van der Waals surface area contributed by atoms with E-state index in [2.05, 4.69) is 18.8 Å². The summed E-state index contributed by atoms with van der Waals surface area (Å²) < 4.78 is 20.8. The summed E-state index contributed by atoms with van der Waals surface area (Å²) in [5.74, 6) is 6.14. The SMILES string of the molecule is CCCCCCCCCCC#CCOC(=O)CCCC(=O)Oc1c(OC)cccc1OC. The highest BCUT2D eigenvalue weighted by Crippen LogP contribution is 2.37. The highest BCUT2D eigenvalue weighted by Gasteiger charge is 2.16. The molecule has 1 aromatic carbocycles. The zero-order valence-electron chi connectivity index (χ0n) is 19.9. The van der Waals surface area contributed by atoms with Crippen molar-refractivity contribution in [2.75, 3.05) is 20.8 Å². The lowest BCUT2D eigenvalue weighted by Gasteiger charge is -2.12. The number of esters is 2. The molecule has 0 bridgehead atoms. The van der Waals surface area contributed by atoms with Gasteiger partial charge in [0.2, 0.25) is 5.75 Å². The average molecular weight is 447 g/mol. The molecule has 6 nitrogen and oxygen atoms in total. The number of rotatable bonds is 16. The van der Waals surface area contributed by atoms with Crippen molar-refractivity contribution < 1.29 is 28.5 Å². The first-order chi connectivity index (χ1) is 15.6. The van der Waals surface area contributed by atoms with E-state index in [4.69, 9.17) is 18.9 Å². The van der Waals surface area contributed by atoms with Crippen LogP contribution in [0.2, 0.25) is 0 Å². The monoisotopic (exact) mass is 446 g/mol. The molecule has 0 amide bonds. The Hall–Kier alpha value is -2.68. The predicted octanol–water partition coefficient (Wildman–Crippen LogP) is 5.86. The van der Waals surface area contributed by atoms with Crippen molar-refractivity contribution in [1.82, 2.24) is 0 Å². The molecular formula is C26H38O6. The fourth-order valence-corrected chi connectivity index (χ4v) is 3.14. The van der Waals surface area contributed by atoms with Gasteiger partial charge in [-0.25, -0.2) is 0 Å². The van der Waals surface area contributed by atoms with Gasteiger partial charge in [-0.05, 0) is 25.0 Å². The molecule has 0 aromatic heterocycles. The fourth-order valence-electron chi connectivity index (χ4n) is 3.14. The van der Waals surface area contributed by atoms with Crippen molar-refractivity contribution >= 4 is 11.9 Å². The van der Waals surface area contributed by atoms with Crippen LogP contribution in [0.5, 0.6) is 17.2 Å². The standard InChI is InChI=1S/C26H38O6/c1-4-5-6-7-8-9-10-11-12-13-14-21-31-24(27)19-16-20-25(28)32-26-22(29-2)17-15-18-23(26)30-3/h15,17-18H,4-12,16,19-21H2,1-3H3. The third kappa shape index (κ3) is 12.2. The van der Waals surface area contributed by atoms with E-state index >= 15 is 0 Å². The molecule has 6 heteroatoms. The molecule has 0 aliphatic carbocycles. The van der Waals surface area contributed by atoms with E-state index in [0.29, 0.717) is 17.9 Å². The molecule has 1 aromatic rings. The van der Waals surface area contributed by atoms with E-state index in [0.717, 1.165) is 12.8 Å². The van der Waals surface area contributed by atoms with Gasteiger partial charge in [-0.2, -0.15) is 0 Å². The van der Waals surface area contributed by atoms with Gasteiger partial charge >= 0.3 is 11.9 Å². The van der Waals surface area contributed by atoms with Gasteiger partial charge in [0, 0.05) is 19.3 Å². The number of carbonyl (C=O) groups excluding carboxylic acids is 2. The van der Waals surface area contributed by atoms with E-state index in [-0.39, 0.29) is 31.2 Å². The molecule has 0 spiro atoms. The number of benzene rings is 1. The average Bonchev–Trinajstić information content (AvgIpc) is 2.79. The summed E-state index contributed by atoms with van der Waals surface area (Å²) in [6, 6.07) is 5.10. The molecular weight excluding hydrogens is 408 g/mol. The Bertz CT molecular complexity index is 709. The van der Waals surface area contributed by atoms with Gasteiger partial charge in [0.15, 0.2) is 18.1 Å². The maximum absolute atomic E-state index is 12.1. The maximum atomic E-state index is 12.1. The number of hydrogen-bond acceptors (Lipinski definition) is 6. The third-order valence-corrected chi connectivity index (χ3v) is 4.95. The molecule has 0 atom stereocenters. The van der Waals surface area contributed by atoms with Crippen LogP contribution in [-0.4, -0.2) is 32.8 Å². The van der Waals surface area contributed by atoms with Crippen LogP contribution in [0, 0.1) is 11.8 Å². The largest absolute Gasteiger partial charge is 0.493 e. The van der Waals surface area contributed by atoms with Crippen molar-refractivity contribution in [2.24, 2.45) is 0 Å². The first kappa shape index (κ1) is 27.4. The second kappa shape index (κ2) is 17.9. The van der Waals surface area contributed by atoms with Crippen LogP contribution in [-0.2, 0) is 14.3 Å². The second-order valence-corrected chi connectivity index (χ2v) is 7.56. The summed E-state index contributed by atoms with van der Waals surface area (Å²) in [6.45, 7) is 2.33. The van der Waals surface area contributed by atoms with E-state index in [1.807, 2.05) is 0 Å². The molecule has 0 radical (unpaired) electrons. The lowest BCUT2D eigenvalue weighted by atomic mass is 10.1. The number of carbonyl (C=O) groups is 2. The minimum absolute atomic E-state index is 0.0838. The highest BCUT2D eigenvalue weighted by atomic mass is 16.6. The summed E-state index contributed by atoms with van der Waals surface area (Å²) in [4.78, 5) is 23.9. The Labute approximate surface area is 193 Å². The van der Waals surface area contributed by atoms with Crippen molar-refractivity contribution in [2.45, 2.75) is 84.0 Å². The zero-order valence-corrected chi connectivity index (χ0v) is 19.9. The second-order valence-electron chi connectivity index (χ2n) is 7.56. The third-order valence-electron chi connectivity index (χ3n) is 4.95. The van der Waals surface area contributed by atoms with Gasteiger partial charge in [0.25, 0.3) is 0 Å². The topological polar surface area (TPSA) is 71.1 Å². The van der Waals surface area contributed by atoms with Crippen LogP contribution in [0.15, 0.2) is 18.2 Å². The van der Waals surface area contributed by atoms with E-state index in [9.17, 15) is 9.59 Å². The molecule has 0 saturated carbocycles. The number of methoxy groups -OCH3 is 2. The molecule has 1 rings (SSSR count). The molecule has 178 valence electrons. The van der Waals surface area contributed by atoms with Gasteiger partial charge in [-0.1, -0.05) is 69.8 Å². The Morgan fingerprint density at radius 3 is 2.00 bits per heavy atom. The lowest BCUT2D eigenvalue weighted by molar-refractivity contribution is -0.142. The molecule has 32 heavy (non-hydrogen) atoms. The number of para-hydroxylation sites is 1. The van der Waals surface area contributed by atoms with Crippen LogP contribution >= 0.6 is 0 Å². The Balaban J connectivity index is 2.12. The fraction of sp³-hybridized carbons (Fsp3) is 0.615. The molecule has 0 aliphatic rings. The Morgan fingerprint density at radius 1 is 0.781 bits per heavy atom. The predicted molar refractivity (Wildman–Crippen MR) is 125 cm³/mol. The van der Waals surface area contributed by atoms with Crippen molar-refractivity contribution in [3.8, 4) is 29.1 Å². The van der Waals surface area contributed by atoms with E-state index in [1.54, 1.807) is 18.2 Å². The van der Waals surface area contributed by atoms with Crippen molar-refractivity contribution in [3.63, 3.8) is 0 Å². The number of unbranched alkanes of at least 4 members (excludes halogenated alkanes) is 8. The smallest absolute Gasteiger partial charge is 0.311 e. The van der Waals surface area contributed by atoms with Gasteiger partial charge < -0.3 is 18.9 Å². The normalized spacial score (nSPS) is 10.1. The summed E-state index contributed by atoms with van der Waals surface area (Å²) in [5, 5.41) is 0. The first-order valence-corrected chi connectivity index (χ1v) is 11.6. The number of ether oxygens (including phenoxy) is 4. The van der Waals surface area contributed by atoms with Crippen LogP contribution in [0.4, 0.5) is 0 Å². The quantitative estimate of drug-likeness (QED) is 0.137. The maximum Gasteiger partial charge on any atom is 0.311 e. The van der Waals surface area contributed by atoms with Crippen LogP contribution in [0.1, 0.15) is 84.0 Å². The highest BCUT2D eigenvalue weighted by molar-refractivity contribution is 5.76. The van der Waals surface area contributed by atoms with Crippen molar-refractivity contribution in [3.05, 3.63) is 18.2 Å². The molecule has 0 saturated heterocycles. The van der Waals surface area contributed by atoms with Gasteiger partial charge in [0.1, 0.15) is 0 Å². The zero-order chi connectivity index (χ0) is 23.4.